The molecule has 1 aromatic heterocycles. The first-order valence-corrected chi connectivity index (χ1v) is 9.67. The zero-order valence-electron chi connectivity index (χ0n) is 14.9. The third-order valence-electron chi connectivity index (χ3n) is 3.85. The molecule has 1 aromatic carbocycles. The Morgan fingerprint density at radius 1 is 1.23 bits per heavy atom. The molecule has 0 aliphatic carbocycles. The van der Waals surface area contributed by atoms with Crippen molar-refractivity contribution >= 4 is 50.7 Å². The lowest BCUT2D eigenvalue weighted by Gasteiger charge is -2.18. The van der Waals surface area contributed by atoms with Gasteiger partial charge in [-0.15, -0.1) is 0 Å². The maximum Gasteiger partial charge on any atom is 0.184 e. The zero-order chi connectivity index (χ0) is 19.6. The van der Waals surface area contributed by atoms with Gasteiger partial charge in [0.2, 0.25) is 0 Å². The van der Waals surface area contributed by atoms with Crippen molar-refractivity contribution in [1.29, 1.82) is 0 Å². The number of hydrogen-bond donors (Lipinski definition) is 0. The summed E-state index contributed by atoms with van der Waals surface area (Å²) in [6.07, 6.45) is 1.70. The number of alkyl halides is 1. The molecule has 1 unspecified atom stereocenters. The van der Waals surface area contributed by atoms with E-state index >= 15 is 0 Å². The van der Waals surface area contributed by atoms with Gasteiger partial charge in [-0.3, -0.25) is 9.59 Å². The van der Waals surface area contributed by atoms with E-state index in [1.807, 2.05) is 20.8 Å². The first-order valence-electron chi connectivity index (χ1n) is 7.99. The molecule has 0 saturated carbocycles. The molecule has 1 heterocycles. The Labute approximate surface area is 171 Å². The van der Waals surface area contributed by atoms with Crippen LogP contribution in [-0.4, -0.2) is 21.5 Å². The van der Waals surface area contributed by atoms with Crippen LogP contribution in [0.1, 0.15) is 53.0 Å². The molecule has 0 saturated heterocycles. The molecule has 0 N–H and O–H groups in total. The van der Waals surface area contributed by atoms with Gasteiger partial charge in [0.1, 0.15) is 16.4 Å². The molecule has 0 bridgehead atoms. The van der Waals surface area contributed by atoms with Gasteiger partial charge in [-0.05, 0) is 30.7 Å². The summed E-state index contributed by atoms with van der Waals surface area (Å²) < 4.78 is 0. The second-order valence-electron chi connectivity index (χ2n) is 7.03. The summed E-state index contributed by atoms with van der Waals surface area (Å²) in [6.45, 7) is 7.26. The number of hydrogen-bond acceptors (Lipinski definition) is 4. The first-order chi connectivity index (χ1) is 12.0. The SMILES string of the molecule is Cc1nccc(C(Br)C(=O)c2cc(Cl)cc(CC(=O)C(C)(C)C)c2Cl)n1. The normalized spacial score (nSPS) is 12.7. The third-order valence-corrected chi connectivity index (χ3v) is 5.40. The number of rotatable bonds is 5. The average molecular weight is 458 g/mol. The van der Waals surface area contributed by atoms with Crippen LogP contribution in [0.5, 0.6) is 0 Å². The third kappa shape index (κ3) is 4.90. The lowest BCUT2D eigenvalue weighted by molar-refractivity contribution is -0.125. The number of nitrogens with zero attached hydrogens (tertiary/aromatic N) is 2. The number of carbonyl (C=O) groups is 2. The van der Waals surface area contributed by atoms with Crippen LogP contribution in [0.2, 0.25) is 10.0 Å². The number of Topliss-reactive ketones (excluding diaryl/α,β-unsaturated/α-hetero) is 2. The van der Waals surface area contributed by atoms with E-state index in [0.717, 1.165) is 0 Å². The van der Waals surface area contributed by atoms with Gasteiger partial charge in [-0.1, -0.05) is 59.9 Å². The highest BCUT2D eigenvalue weighted by molar-refractivity contribution is 9.09. The summed E-state index contributed by atoms with van der Waals surface area (Å²) >= 11 is 16.0. The minimum absolute atomic E-state index is 0.0156. The van der Waals surface area contributed by atoms with Gasteiger partial charge in [0.25, 0.3) is 0 Å². The molecule has 26 heavy (non-hydrogen) atoms. The summed E-state index contributed by atoms with van der Waals surface area (Å²) in [5.41, 5.74) is 0.826. The van der Waals surface area contributed by atoms with Gasteiger partial charge in [0.05, 0.1) is 10.7 Å². The van der Waals surface area contributed by atoms with Crippen LogP contribution in [0.15, 0.2) is 24.4 Å². The van der Waals surface area contributed by atoms with Gasteiger partial charge in [0.15, 0.2) is 5.78 Å². The van der Waals surface area contributed by atoms with Crippen molar-refractivity contribution in [3.63, 3.8) is 0 Å². The highest BCUT2D eigenvalue weighted by Gasteiger charge is 2.27. The molecule has 0 amide bonds. The van der Waals surface area contributed by atoms with Crippen LogP contribution >= 0.6 is 39.1 Å². The molecular weight excluding hydrogens is 439 g/mol. The van der Waals surface area contributed by atoms with Crippen molar-refractivity contribution in [2.75, 3.05) is 0 Å². The fourth-order valence-electron chi connectivity index (χ4n) is 2.28. The largest absolute Gasteiger partial charge is 0.299 e. The summed E-state index contributed by atoms with van der Waals surface area (Å²) in [7, 11) is 0. The second-order valence-corrected chi connectivity index (χ2v) is 8.76. The Balaban J connectivity index is 2.40. The van der Waals surface area contributed by atoms with E-state index in [4.69, 9.17) is 23.2 Å². The Hall–Kier alpha value is -1.30. The highest BCUT2D eigenvalue weighted by atomic mass is 79.9. The van der Waals surface area contributed by atoms with Crippen molar-refractivity contribution in [3.8, 4) is 0 Å². The summed E-state index contributed by atoms with van der Waals surface area (Å²) in [5, 5.41) is 0.597. The van der Waals surface area contributed by atoms with E-state index < -0.39 is 10.2 Å². The van der Waals surface area contributed by atoms with Crippen LogP contribution in [0.4, 0.5) is 0 Å². The molecule has 2 aromatic rings. The smallest absolute Gasteiger partial charge is 0.184 e. The molecule has 0 spiro atoms. The molecule has 1 atom stereocenters. The van der Waals surface area contributed by atoms with Crippen LogP contribution in [0.25, 0.3) is 0 Å². The lowest BCUT2D eigenvalue weighted by atomic mass is 9.86. The number of aromatic nitrogens is 2. The molecular formula is C19H19BrCl2N2O2. The van der Waals surface area contributed by atoms with Crippen LogP contribution < -0.4 is 0 Å². The number of halogens is 3. The minimum Gasteiger partial charge on any atom is -0.299 e. The second kappa shape index (κ2) is 8.15. The van der Waals surface area contributed by atoms with Gasteiger partial charge >= 0.3 is 0 Å². The van der Waals surface area contributed by atoms with Crippen molar-refractivity contribution in [1.82, 2.24) is 9.97 Å². The topological polar surface area (TPSA) is 59.9 Å². The maximum absolute atomic E-state index is 12.9. The zero-order valence-corrected chi connectivity index (χ0v) is 18.0. The Kier molecular flexibility index (Phi) is 6.59. The summed E-state index contributed by atoms with van der Waals surface area (Å²) in [5.74, 6) is 0.301. The predicted molar refractivity (Wildman–Crippen MR) is 107 cm³/mol. The average Bonchev–Trinajstić information content (AvgIpc) is 2.55. The van der Waals surface area contributed by atoms with E-state index in [-0.39, 0.29) is 28.6 Å². The van der Waals surface area contributed by atoms with Crippen molar-refractivity contribution in [2.24, 2.45) is 5.41 Å². The molecule has 0 fully saturated rings. The van der Waals surface area contributed by atoms with Gasteiger partial charge in [-0.25, -0.2) is 9.97 Å². The Morgan fingerprint density at radius 3 is 2.46 bits per heavy atom. The summed E-state index contributed by atoms with van der Waals surface area (Å²) in [6, 6.07) is 4.80. The van der Waals surface area contributed by atoms with Gasteiger partial charge in [-0.2, -0.15) is 0 Å². The van der Waals surface area contributed by atoms with Gasteiger partial charge in [0, 0.05) is 28.6 Å². The van der Waals surface area contributed by atoms with Crippen molar-refractivity contribution < 1.29 is 9.59 Å². The highest BCUT2D eigenvalue weighted by Crippen LogP contribution is 2.34. The summed E-state index contributed by atoms with van der Waals surface area (Å²) in [4.78, 5) is 32.9. The van der Waals surface area contributed by atoms with E-state index in [0.29, 0.717) is 22.1 Å². The standard InChI is InChI=1S/C19H19BrCl2N2O2/c1-10-23-6-5-14(24-10)16(20)18(26)13-9-12(21)7-11(17(13)22)8-15(25)19(2,3)4/h5-7,9,16H,8H2,1-4H3. The van der Waals surface area contributed by atoms with Crippen molar-refractivity contribution in [2.45, 2.75) is 38.9 Å². The molecule has 0 aliphatic rings. The van der Waals surface area contributed by atoms with E-state index in [1.165, 1.54) is 6.07 Å². The first kappa shape index (κ1) is 21.0. The van der Waals surface area contributed by atoms with Crippen LogP contribution in [0, 0.1) is 12.3 Å². The van der Waals surface area contributed by atoms with Crippen LogP contribution in [0.3, 0.4) is 0 Å². The predicted octanol–water partition coefficient (Wildman–Crippen LogP) is 5.57. The number of carbonyl (C=O) groups excluding carboxylic acids is 2. The van der Waals surface area contributed by atoms with E-state index in [1.54, 1.807) is 25.3 Å². The van der Waals surface area contributed by atoms with Crippen molar-refractivity contribution in [3.05, 3.63) is 57.1 Å². The molecule has 7 heteroatoms. The number of aryl methyl sites for hydroxylation is 1. The fraction of sp³-hybridized carbons (Fsp3) is 0.368. The number of benzene rings is 1. The fourth-order valence-corrected chi connectivity index (χ4v) is 3.29. The Morgan fingerprint density at radius 2 is 1.88 bits per heavy atom. The van der Waals surface area contributed by atoms with Gasteiger partial charge < -0.3 is 0 Å². The van der Waals surface area contributed by atoms with Crippen LogP contribution in [-0.2, 0) is 11.2 Å². The molecule has 0 aliphatic heterocycles. The molecule has 2 rings (SSSR count). The molecule has 0 radical (unpaired) electrons. The monoisotopic (exact) mass is 456 g/mol. The van der Waals surface area contributed by atoms with E-state index in [2.05, 4.69) is 25.9 Å². The maximum atomic E-state index is 12.9. The number of ketones is 2. The van der Waals surface area contributed by atoms with E-state index in [9.17, 15) is 9.59 Å². The molecule has 4 nitrogen and oxygen atoms in total. The minimum atomic E-state index is -0.689. The Bertz CT molecular complexity index is 863. The molecule has 138 valence electrons. The lowest BCUT2D eigenvalue weighted by Crippen LogP contribution is -2.22. The quantitative estimate of drug-likeness (QED) is 0.435.